The highest BCUT2D eigenvalue weighted by atomic mass is 16.5. The molecule has 1 saturated carbocycles. The van der Waals surface area contributed by atoms with E-state index in [9.17, 15) is 4.79 Å². The van der Waals surface area contributed by atoms with Crippen molar-refractivity contribution in [3.05, 3.63) is 53.0 Å². The van der Waals surface area contributed by atoms with Gasteiger partial charge in [-0.05, 0) is 30.8 Å². The number of amides is 1. The van der Waals surface area contributed by atoms with E-state index in [4.69, 9.17) is 20.6 Å². The summed E-state index contributed by atoms with van der Waals surface area (Å²) in [6.45, 7) is 1.80. The monoisotopic (exact) mass is 396 g/mol. The molecule has 1 atom stereocenters. The third-order valence-corrected chi connectivity index (χ3v) is 5.75. The van der Waals surface area contributed by atoms with Crippen LogP contribution in [-0.4, -0.2) is 57.3 Å². The van der Waals surface area contributed by atoms with Gasteiger partial charge in [-0.1, -0.05) is 0 Å². The highest BCUT2D eigenvalue weighted by Gasteiger charge is 2.39. The van der Waals surface area contributed by atoms with Crippen molar-refractivity contribution in [3.8, 4) is 0 Å². The van der Waals surface area contributed by atoms with E-state index >= 15 is 0 Å². The summed E-state index contributed by atoms with van der Waals surface area (Å²) in [7, 11) is 0. The number of aliphatic imine (C=N–C) groups is 1. The van der Waals surface area contributed by atoms with E-state index in [2.05, 4.69) is 15.3 Å². The van der Waals surface area contributed by atoms with Gasteiger partial charge >= 0.3 is 0 Å². The number of aliphatic hydroxyl groups is 1. The summed E-state index contributed by atoms with van der Waals surface area (Å²) in [5.74, 6) is 0.773. The van der Waals surface area contributed by atoms with Crippen LogP contribution in [-0.2, 0) is 16.1 Å². The number of rotatable bonds is 7. The number of amidine groups is 1. The third kappa shape index (κ3) is 3.21. The summed E-state index contributed by atoms with van der Waals surface area (Å²) in [5, 5.41) is 16.8. The third-order valence-electron chi connectivity index (χ3n) is 5.75. The number of aliphatic hydroxyl groups excluding tert-OH is 1. The molecule has 9 nitrogen and oxygen atoms in total. The van der Waals surface area contributed by atoms with Crippen molar-refractivity contribution in [1.29, 1.82) is 0 Å². The lowest BCUT2D eigenvalue weighted by atomic mass is 10.0. The molecular formula is C20H24N6O3. The molecule has 1 fully saturated rings. The first kappa shape index (κ1) is 18.0. The highest BCUT2D eigenvalue weighted by Crippen LogP contribution is 2.39. The van der Waals surface area contributed by atoms with Gasteiger partial charge in [0, 0.05) is 24.5 Å². The molecule has 4 heterocycles. The topological polar surface area (TPSA) is 118 Å². The van der Waals surface area contributed by atoms with Gasteiger partial charge in [-0.3, -0.25) is 9.48 Å². The maximum atomic E-state index is 11.9. The SMILES string of the molecule is NC(=O)C(NC1=COCC2=C3C1=CN=C(c1cnn(CCO)c1)N3CC2)C1CC1. The first-order chi connectivity index (χ1) is 14.2. The van der Waals surface area contributed by atoms with Crippen molar-refractivity contribution < 1.29 is 14.6 Å². The predicted molar refractivity (Wildman–Crippen MR) is 105 cm³/mol. The number of carbonyl (C=O) groups excluding carboxylic acids is 1. The number of primary amides is 1. The average Bonchev–Trinajstić information content (AvgIpc) is 3.34. The fraction of sp³-hybridized carbons (Fsp3) is 0.450. The lowest BCUT2D eigenvalue weighted by molar-refractivity contribution is -0.120. The molecule has 5 rings (SSSR count). The summed E-state index contributed by atoms with van der Waals surface area (Å²) in [5.41, 5.74) is 10.5. The molecule has 1 unspecified atom stereocenters. The lowest BCUT2D eigenvalue weighted by Crippen LogP contribution is -2.43. The van der Waals surface area contributed by atoms with Crippen LogP contribution in [0.2, 0.25) is 0 Å². The second-order valence-corrected chi connectivity index (χ2v) is 7.77. The van der Waals surface area contributed by atoms with E-state index < -0.39 is 6.04 Å². The zero-order chi connectivity index (χ0) is 20.0. The Morgan fingerprint density at radius 2 is 2.31 bits per heavy atom. The fourth-order valence-electron chi connectivity index (χ4n) is 4.16. The van der Waals surface area contributed by atoms with Gasteiger partial charge < -0.3 is 25.8 Å². The van der Waals surface area contributed by atoms with Gasteiger partial charge in [0.25, 0.3) is 0 Å². The van der Waals surface area contributed by atoms with E-state index in [1.165, 1.54) is 5.57 Å². The Labute approximate surface area is 168 Å². The van der Waals surface area contributed by atoms with Gasteiger partial charge in [-0.25, -0.2) is 4.99 Å². The molecule has 1 aromatic heterocycles. The van der Waals surface area contributed by atoms with Crippen LogP contribution in [0.15, 0.2) is 52.4 Å². The molecule has 0 spiro atoms. The van der Waals surface area contributed by atoms with Crippen molar-refractivity contribution >= 4 is 11.7 Å². The normalized spacial score (nSPS) is 21.6. The van der Waals surface area contributed by atoms with Crippen molar-refractivity contribution in [1.82, 2.24) is 20.0 Å². The number of carbonyl (C=O) groups is 1. The minimum absolute atomic E-state index is 0.0375. The number of hydrogen-bond donors (Lipinski definition) is 3. The molecule has 1 aromatic rings. The minimum Gasteiger partial charge on any atom is -0.495 e. The second-order valence-electron chi connectivity index (χ2n) is 7.77. The van der Waals surface area contributed by atoms with Gasteiger partial charge in [-0.15, -0.1) is 0 Å². The van der Waals surface area contributed by atoms with Gasteiger partial charge in [0.05, 0.1) is 36.3 Å². The molecule has 0 aromatic carbocycles. The molecule has 0 saturated heterocycles. The lowest BCUT2D eigenvalue weighted by Gasteiger charge is -2.30. The first-order valence-corrected chi connectivity index (χ1v) is 9.95. The molecule has 4 N–H and O–H groups in total. The zero-order valence-electron chi connectivity index (χ0n) is 16.0. The quantitative estimate of drug-likeness (QED) is 0.606. The Balaban J connectivity index is 1.49. The minimum atomic E-state index is -0.398. The van der Waals surface area contributed by atoms with Gasteiger partial charge in [-0.2, -0.15) is 5.10 Å². The van der Waals surface area contributed by atoms with E-state index in [-0.39, 0.29) is 18.4 Å². The average molecular weight is 396 g/mol. The van der Waals surface area contributed by atoms with Crippen LogP contribution in [0.1, 0.15) is 24.8 Å². The Hall–Kier alpha value is -3.07. The molecule has 29 heavy (non-hydrogen) atoms. The molecule has 4 aliphatic rings. The van der Waals surface area contributed by atoms with Crippen molar-refractivity contribution in [3.63, 3.8) is 0 Å². The number of nitrogens with zero attached hydrogens (tertiary/aromatic N) is 4. The van der Waals surface area contributed by atoms with E-state index in [0.29, 0.717) is 13.2 Å². The molecule has 1 aliphatic carbocycles. The molecule has 9 heteroatoms. The Morgan fingerprint density at radius 3 is 3.07 bits per heavy atom. The smallest absolute Gasteiger partial charge is 0.240 e. The van der Waals surface area contributed by atoms with E-state index in [1.54, 1.807) is 17.1 Å². The number of hydrogen-bond acceptors (Lipinski definition) is 7. The Morgan fingerprint density at radius 1 is 1.45 bits per heavy atom. The molecule has 0 radical (unpaired) electrons. The van der Waals surface area contributed by atoms with Crippen LogP contribution in [0, 0.1) is 5.92 Å². The van der Waals surface area contributed by atoms with Crippen LogP contribution in [0.25, 0.3) is 0 Å². The molecule has 1 amide bonds. The highest BCUT2D eigenvalue weighted by molar-refractivity contribution is 6.01. The largest absolute Gasteiger partial charge is 0.495 e. The Bertz CT molecular complexity index is 969. The maximum absolute atomic E-state index is 11.9. The summed E-state index contributed by atoms with van der Waals surface area (Å²) >= 11 is 0. The van der Waals surface area contributed by atoms with Gasteiger partial charge in [0.2, 0.25) is 5.91 Å². The van der Waals surface area contributed by atoms with Crippen molar-refractivity contribution in [2.75, 3.05) is 19.8 Å². The van der Waals surface area contributed by atoms with Crippen LogP contribution < -0.4 is 11.1 Å². The standard InChI is InChI=1S/C20H24N6O3/c21-19(28)17(12-1-2-12)24-16-11-29-10-13-3-4-26-18(13)15(16)8-22-20(26)14-7-23-25(9-14)5-6-27/h7-9,11-12,17,24,27H,1-6,10H2,(H2,21,28). The number of nitrogens with two attached hydrogens (primary N) is 1. The zero-order valence-corrected chi connectivity index (χ0v) is 16.0. The number of nitrogens with one attached hydrogen (secondary N) is 1. The fourth-order valence-corrected chi connectivity index (χ4v) is 4.16. The number of ether oxygens (including phenoxy) is 1. The van der Waals surface area contributed by atoms with E-state index in [1.807, 2.05) is 12.4 Å². The summed E-state index contributed by atoms with van der Waals surface area (Å²) in [6.07, 6.45) is 10.1. The predicted octanol–water partition coefficient (Wildman–Crippen LogP) is 0.204. The maximum Gasteiger partial charge on any atom is 0.240 e. The summed E-state index contributed by atoms with van der Waals surface area (Å²) in [4.78, 5) is 18.8. The van der Waals surface area contributed by atoms with E-state index in [0.717, 1.165) is 54.2 Å². The second kappa shape index (κ2) is 7.07. The van der Waals surface area contributed by atoms with Gasteiger partial charge in [0.1, 0.15) is 24.7 Å². The van der Waals surface area contributed by atoms with Gasteiger partial charge in [0.15, 0.2) is 0 Å². The number of aromatic nitrogens is 2. The van der Waals surface area contributed by atoms with Crippen LogP contribution in [0.5, 0.6) is 0 Å². The molecule has 152 valence electrons. The molecule has 0 bridgehead atoms. The molecular weight excluding hydrogens is 372 g/mol. The summed E-state index contributed by atoms with van der Waals surface area (Å²) < 4.78 is 7.50. The first-order valence-electron chi connectivity index (χ1n) is 9.95. The Kier molecular flexibility index (Phi) is 4.39. The summed E-state index contributed by atoms with van der Waals surface area (Å²) in [6, 6.07) is -0.398. The van der Waals surface area contributed by atoms with Crippen LogP contribution in [0.4, 0.5) is 0 Å². The van der Waals surface area contributed by atoms with Crippen LogP contribution >= 0.6 is 0 Å². The van der Waals surface area contributed by atoms with Crippen LogP contribution in [0.3, 0.4) is 0 Å². The molecule has 3 aliphatic heterocycles. The van der Waals surface area contributed by atoms with Crippen molar-refractivity contribution in [2.45, 2.75) is 31.8 Å². The van der Waals surface area contributed by atoms with Crippen molar-refractivity contribution in [2.24, 2.45) is 16.6 Å².